The molecule has 3 N–H and O–H groups in total. The van der Waals surface area contributed by atoms with Crippen LogP contribution < -0.4 is 11.1 Å². The Labute approximate surface area is 259 Å². The van der Waals surface area contributed by atoms with E-state index in [0.717, 1.165) is 23.9 Å². The summed E-state index contributed by atoms with van der Waals surface area (Å²) < 4.78 is 62.1. The van der Waals surface area contributed by atoms with Crippen molar-refractivity contribution in [2.75, 3.05) is 24.1 Å². The molecule has 0 bridgehead atoms. The van der Waals surface area contributed by atoms with Crippen molar-refractivity contribution >= 4 is 29.2 Å². The molecule has 1 aliphatic heterocycles. The Bertz CT molecular complexity index is 1910. The first-order valence-corrected chi connectivity index (χ1v) is 14.3. The second-order valence-electron chi connectivity index (χ2n) is 10.8. The average molecular weight is 634 g/mol. The number of carbonyl (C=O) groups is 2. The number of likely N-dealkylation sites (tertiary alicyclic amines) is 1. The molecule has 1 atom stereocenters. The lowest BCUT2D eigenvalue weighted by molar-refractivity contribution is -0.137. The highest BCUT2D eigenvalue weighted by atomic mass is 19.4. The molecule has 0 spiro atoms. The molecule has 10 nitrogen and oxygen atoms in total. The number of pyridine rings is 1. The van der Waals surface area contributed by atoms with Crippen molar-refractivity contribution in [2.45, 2.75) is 31.5 Å². The summed E-state index contributed by atoms with van der Waals surface area (Å²) >= 11 is 0. The molecule has 3 aromatic heterocycles. The number of ether oxygens (including phenoxy) is 1. The molecule has 6 rings (SSSR count). The Kier molecular flexibility index (Phi) is 8.26. The highest BCUT2D eigenvalue weighted by Gasteiger charge is 2.32. The summed E-state index contributed by atoms with van der Waals surface area (Å²) in [6, 6.07) is 14.4. The van der Waals surface area contributed by atoms with Gasteiger partial charge in [0.1, 0.15) is 41.1 Å². The van der Waals surface area contributed by atoms with Crippen molar-refractivity contribution in [2.24, 2.45) is 0 Å². The van der Waals surface area contributed by atoms with Gasteiger partial charge in [-0.05, 0) is 48.7 Å². The lowest BCUT2D eigenvalue weighted by atomic mass is 9.97. The van der Waals surface area contributed by atoms with Crippen LogP contribution in [0.5, 0.6) is 0 Å². The van der Waals surface area contributed by atoms with Gasteiger partial charge in [0.05, 0.1) is 5.56 Å². The normalized spacial score (nSPS) is 15.1. The van der Waals surface area contributed by atoms with Crippen molar-refractivity contribution in [3.63, 3.8) is 0 Å². The Hall–Kier alpha value is -5.53. The standard InChI is InChI=1S/C32H27F4N7O3/c33-24-15-20(30(44)40-25-16-22(10-11-38-25)32(34,35)36)8-9-23(24)26-27-28(37)39-12-14-43(27)29(41-26)21-7-4-13-42(17-21)31(45)46-18-19-5-2-1-3-6-19/h1-3,5-6,8-12,14-16,21H,4,7,13,17-18H2,(H2,37,39)(H,38,40,44)/t21-/m1/s1. The van der Waals surface area contributed by atoms with Crippen LogP contribution in [0.3, 0.4) is 0 Å². The van der Waals surface area contributed by atoms with Crippen molar-refractivity contribution < 1.29 is 31.9 Å². The van der Waals surface area contributed by atoms with E-state index < -0.39 is 29.6 Å². The maximum absolute atomic E-state index is 15.6. The molecular formula is C32H27F4N7O3. The summed E-state index contributed by atoms with van der Waals surface area (Å²) in [5, 5.41) is 2.27. The topological polar surface area (TPSA) is 128 Å². The number of imidazole rings is 1. The SMILES string of the molecule is Nc1nccn2c([C@@H]3CCCN(C(=O)OCc4ccccc4)C3)nc(-c3ccc(C(=O)Nc4cc(C(F)(F)F)ccn4)cc3F)c12. The number of alkyl halides is 3. The number of aromatic nitrogens is 4. The van der Waals surface area contributed by atoms with Gasteiger partial charge in [0.25, 0.3) is 5.91 Å². The van der Waals surface area contributed by atoms with Crippen molar-refractivity contribution in [3.8, 4) is 11.3 Å². The monoisotopic (exact) mass is 633 g/mol. The number of fused-ring (bicyclic) bond motifs is 1. The lowest BCUT2D eigenvalue weighted by Gasteiger charge is -2.31. The van der Waals surface area contributed by atoms with Gasteiger partial charge in [0.2, 0.25) is 0 Å². The number of benzene rings is 2. The minimum absolute atomic E-state index is 0.0344. The number of carbonyl (C=O) groups excluding carboxylic acids is 2. The number of hydrogen-bond acceptors (Lipinski definition) is 7. The minimum atomic E-state index is -4.62. The van der Waals surface area contributed by atoms with Gasteiger partial charge in [0.15, 0.2) is 0 Å². The van der Waals surface area contributed by atoms with Crippen LogP contribution >= 0.6 is 0 Å². The summed E-state index contributed by atoms with van der Waals surface area (Å²) in [6.07, 6.45) is 0.394. The van der Waals surface area contributed by atoms with E-state index in [1.807, 2.05) is 30.3 Å². The maximum atomic E-state index is 15.6. The molecule has 46 heavy (non-hydrogen) atoms. The first-order chi connectivity index (χ1) is 22.1. The van der Waals surface area contributed by atoms with Gasteiger partial charge < -0.3 is 20.7 Å². The fourth-order valence-electron chi connectivity index (χ4n) is 5.44. The first-order valence-electron chi connectivity index (χ1n) is 14.3. The molecule has 4 heterocycles. The molecule has 236 valence electrons. The number of nitrogens with one attached hydrogen (secondary N) is 1. The summed E-state index contributed by atoms with van der Waals surface area (Å²) in [7, 11) is 0. The average Bonchev–Trinajstić information content (AvgIpc) is 3.44. The number of anilines is 2. The molecule has 0 unspecified atom stereocenters. The molecule has 1 fully saturated rings. The van der Waals surface area contributed by atoms with Gasteiger partial charge in [-0.25, -0.2) is 24.1 Å². The summed E-state index contributed by atoms with van der Waals surface area (Å²) in [6.45, 7) is 0.973. The van der Waals surface area contributed by atoms with Crippen LogP contribution in [0, 0.1) is 5.82 Å². The number of hydrogen-bond donors (Lipinski definition) is 2. The molecule has 2 aromatic carbocycles. The van der Waals surface area contributed by atoms with E-state index in [1.54, 1.807) is 15.5 Å². The summed E-state index contributed by atoms with van der Waals surface area (Å²) in [5.41, 5.74) is 6.55. The third kappa shape index (κ3) is 6.32. The van der Waals surface area contributed by atoms with Crippen LogP contribution in [0.15, 0.2) is 79.3 Å². The Morgan fingerprint density at radius 1 is 1.04 bits per heavy atom. The van der Waals surface area contributed by atoms with Gasteiger partial charge in [-0.15, -0.1) is 0 Å². The van der Waals surface area contributed by atoms with E-state index in [-0.39, 0.29) is 41.0 Å². The van der Waals surface area contributed by atoms with Crippen molar-refractivity contribution in [3.05, 3.63) is 108 Å². The number of rotatable bonds is 6. The molecule has 1 saturated heterocycles. The van der Waals surface area contributed by atoms with Gasteiger partial charge >= 0.3 is 12.3 Å². The van der Waals surface area contributed by atoms with Crippen molar-refractivity contribution in [1.82, 2.24) is 24.3 Å². The Balaban J connectivity index is 1.24. The predicted molar refractivity (Wildman–Crippen MR) is 160 cm³/mol. The largest absolute Gasteiger partial charge is 0.445 e. The lowest BCUT2D eigenvalue weighted by Crippen LogP contribution is -2.39. The molecule has 2 amide bonds. The van der Waals surface area contributed by atoms with E-state index >= 15 is 4.39 Å². The zero-order valence-corrected chi connectivity index (χ0v) is 24.2. The van der Waals surface area contributed by atoms with E-state index in [0.29, 0.717) is 43.3 Å². The number of piperidine rings is 1. The Morgan fingerprint density at radius 2 is 1.85 bits per heavy atom. The van der Waals surface area contributed by atoms with Crippen LogP contribution in [0.4, 0.5) is 34.0 Å². The maximum Gasteiger partial charge on any atom is 0.416 e. The molecular weight excluding hydrogens is 606 g/mol. The zero-order valence-electron chi connectivity index (χ0n) is 24.2. The predicted octanol–water partition coefficient (Wildman–Crippen LogP) is 6.30. The van der Waals surface area contributed by atoms with Crippen LogP contribution in [0.1, 0.15) is 46.1 Å². The molecule has 0 radical (unpaired) electrons. The number of nitrogen functional groups attached to an aromatic ring is 1. The molecule has 5 aromatic rings. The number of halogens is 4. The van der Waals surface area contributed by atoms with Gasteiger partial charge in [-0.3, -0.25) is 9.20 Å². The zero-order chi connectivity index (χ0) is 32.4. The van der Waals surface area contributed by atoms with E-state index in [1.165, 1.54) is 18.3 Å². The van der Waals surface area contributed by atoms with Crippen LogP contribution in [-0.2, 0) is 17.5 Å². The van der Waals surface area contributed by atoms with Gasteiger partial charge in [-0.1, -0.05) is 30.3 Å². The van der Waals surface area contributed by atoms with E-state index in [9.17, 15) is 22.8 Å². The number of nitrogens with zero attached hydrogens (tertiary/aromatic N) is 5. The van der Waals surface area contributed by atoms with E-state index in [4.69, 9.17) is 15.5 Å². The second-order valence-corrected chi connectivity index (χ2v) is 10.8. The molecule has 14 heteroatoms. The van der Waals surface area contributed by atoms with Gasteiger partial charge in [-0.2, -0.15) is 13.2 Å². The highest BCUT2D eigenvalue weighted by molar-refractivity contribution is 6.04. The van der Waals surface area contributed by atoms with Crippen LogP contribution in [0.2, 0.25) is 0 Å². The third-order valence-electron chi connectivity index (χ3n) is 7.68. The highest BCUT2D eigenvalue weighted by Crippen LogP contribution is 2.35. The van der Waals surface area contributed by atoms with Crippen LogP contribution in [-0.4, -0.2) is 49.3 Å². The fraction of sp³-hybridized carbons (Fsp3) is 0.219. The molecule has 1 aliphatic rings. The van der Waals surface area contributed by atoms with Crippen molar-refractivity contribution in [1.29, 1.82) is 0 Å². The molecule has 0 aliphatic carbocycles. The fourth-order valence-corrected chi connectivity index (χ4v) is 5.44. The van der Waals surface area contributed by atoms with Gasteiger partial charge in [0, 0.05) is 48.7 Å². The smallest absolute Gasteiger partial charge is 0.416 e. The Morgan fingerprint density at radius 3 is 2.61 bits per heavy atom. The second kappa shape index (κ2) is 12.5. The first kappa shape index (κ1) is 30.5. The summed E-state index contributed by atoms with van der Waals surface area (Å²) in [4.78, 5) is 40.0. The van der Waals surface area contributed by atoms with E-state index in [2.05, 4.69) is 15.3 Å². The molecule has 0 saturated carbocycles. The quantitative estimate of drug-likeness (QED) is 0.210. The summed E-state index contributed by atoms with van der Waals surface area (Å²) in [5.74, 6) is -1.57. The minimum Gasteiger partial charge on any atom is -0.445 e. The number of nitrogens with two attached hydrogens (primary N) is 1. The third-order valence-corrected chi connectivity index (χ3v) is 7.68. The van der Waals surface area contributed by atoms with Crippen LogP contribution in [0.25, 0.3) is 16.8 Å². The number of amides is 2.